The highest BCUT2D eigenvalue weighted by atomic mass is 16.5. The fourth-order valence-electron chi connectivity index (χ4n) is 2.88. The molecule has 5 heteroatoms. The smallest absolute Gasteiger partial charge is 0.323 e. The van der Waals surface area contributed by atoms with Crippen molar-refractivity contribution in [1.82, 2.24) is 4.90 Å². The maximum Gasteiger partial charge on any atom is 0.323 e. The Kier molecular flexibility index (Phi) is 4.02. The van der Waals surface area contributed by atoms with E-state index in [1.807, 2.05) is 4.90 Å². The van der Waals surface area contributed by atoms with E-state index in [2.05, 4.69) is 0 Å². The van der Waals surface area contributed by atoms with Gasteiger partial charge in [-0.25, -0.2) is 0 Å². The van der Waals surface area contributed by atoms with Crippen LogP contribution in [-0.2, 0) is 14.3 Å². The summed E-state index contributed by atoms with van der Waals surface area (Å²) in [4.78, 5) is 24.2. The second-order valence-electron chi connectivity index (χ2n) is 5.41. The van der Waals surface area contributed by atoms with Gasteiger partial charge in [0.15, 0.2) is 0 Å². The van der Waals surface area contributed by atoms with Crippen molar-refractivity contribution in [3.63, 3.8) is 0 Å². The summed E-state index contributed by atoms with van der Waals surface area (Å²) >= 11 is 0. The Balaban J connectivity index is 1.97. The lowest BCUT2D eigenvalue weighted by molar-refractivity contribution is -0.149. The number of nitrogens with zero attached hydrogens (tertiary/aromatic N) is 1. The van der Waals surface area contributed by atoms with Gasteiger partial charge >= 0.3 is 5.97 Å². The first-order valence-corrected chi connectivity index (χ1v) is 6.56. The molecule has 1 aliphatic heterocycles. The van der Waals surface area contributed by atoms with E-state index in [-0.39, 0.29) is 17.5 Å². The van der Waals surface area contributed by atoms with Gasteiger partial charge in [-0.3, -0.25) is 9.69 Å². The van der Waals surface area contributed by atoms with E-state index in [1.165, 1.54) is 7.11 Å². The Morgan fingerprint density at radius 3 is 2.78 bits per heavy atom. The van der Waals surface area contributed by atoms with Gasteiger partial charge in [0.1, 0.15) is 12.3 Å². The van der Waals surface area contributed by atoms with Gasteiger partial charge in [-0.1, -0.05) is 0 Å². The van der Waals surface area contributed by atoms with Crippen LogP contribution in [0.25, 0.3) is 0 Å². The number of aliphatic hydroxyl groups is 1. The third-order valence-corrected chi connectivity index (χ3v) is 4.38. The van der Waals surface area contributed by atoms with Crippen molar-refractivity contribution in [3.05, 3.63) is 0 Å². The summed E-state index contributed by atoms with van der Waals surface area (Å²) in [5.74, 6) is -0.309. The fraction of sp³-hybridized carbons (Fsp3) is 0.846. The van der Waals surface area contributed by atoms with Gasteiger partial charge in [-0.05, 0) is 37.6 Å². The number of aliphatic hydroxyl groups excluding tert-OH is 1. The lowest BCUT2D eigenvalue weighted by Crippen LogP contribution is -2.52. The molecule has 0 amide bonds. The normalized spacial score (nSPS) is 27.8. The van der Waals surface area contributed by atoms with Gasteiger partial charge in [-0.2, -0.15) is 0 Å². The van der Waals surface area contributed by atoms with Gasteiger partial charge in [0.2, 0.25) is 0 Å². The molecule has 102 valence electrons. The lowest BCUT2D eigenvalue weighted by Gasteiger charge is -2.39. The zero-order chi connectivity index (χ0) is 13.2. The topological polar surface area (TPSA) is 66.8 Å². The first-order valence-electron chi connectivity index (χ1n) is 6.56. The number of piperidine rings is 1. The van der Waals surface area contributed by atoms with Crippen LogP contribution in [0, 0.1) is 5.41 Å². The Labute approximate surface area is 107 Å². The van der Waals surface area contributed by atoms with Crippen LogP contribution in [0.2, 0.25) is 0 Å². The van der Waals surface area contributed by atoms with E-state index in [0.29, 0.717) is 19.4 Å². The summed E-state index contributed by atoms with van der Waals surface area (Å²) in [7, 11) is 1.36. The maximum atomic E-state index is 11.7. The van der Waals surface area contributed by atoms with Crippen LogP contribution >= 0.6 is 0 Å². The molecular weight excluding hydrogens is 234 g/mol. The number of β-amino-alcohol motifs (C(OH)–C–C–N with tert-alkyl or cyclic N) is 1. The molecule has 2 rings (SSSR count). The number of hydrogen-bond acceptors (Lipinski definition) is 5. The Morgan fingerprint density at radius 1 is 1.56 bits per heavy atom. The fourth-order valence-corrected chi connectivity index (χ4v) is 2.88. The van der Waals surface area contributed by atoms with Crippen LogP contribution in [0.15, 0.2) is 0 Å². The molecule has 1 saturated carbocycles. The number of carbonyl (C=O) groups excluding carboxylic acids is 2. The van der Waals surface area contributed by atoms with Crippen LogP contribution < -0.4 is 0 Å². The summed E-state index contributed by atoms with van der Waals surface area (Å²) in [6.45, 7) is 1.31. The molecule has 2 fully saturated rings. The molecule has 0 aromatic heterocycles. The molecule has 0 bridgehead atoms. The quantitative estimate of drug-likeness (QED) is 0.567. The number of ether oxygens (including phenoxy) is 1. The van der Waals surface area contributed by atoms with Crippen LogP contribution in [0.3, 0.4) is 0 Å². The Morgan fingerprint density at radius 2 is 2.28 bits per heavy atom. The summed E-state index contributed by atoms with van der Waals surface area (Å²) < 4.78 is 4.79. The molecule has 0 radical (unpaired) electrons. The highest BCUT2D eigenvalue weighted by Crippen LogP contribution is 2.53. The van der Waals surface area contributed by atoms with Crippen LogP contribution in [-0.4, -0.2) is 54.6 Å². The zero-order valence-electron chi connectivity index (χ0n) is 10.8. The van der Waals surface area contributed by atoms with Gasteiger partial charge in [-0.15, -0.1) is 0 Å². The van der Waals surface area contributed by atoms with Crippen LogP contribution in [0.1, 0.15) is 32.1 Å². The molecule has 1 heterocycles. The Hall–Kier alpha value is -0.940. The van der Waals surface area contributed by atoms with Crippen molar-refractivity contribution in [1.29, 1.82) is 0 Å². The molecule has 5 nitrogen and oxygen atoms in total. The monoisotopic (exact) mass is 255 g/mol. The second kappa shape index (κ2) is 5.36. The van der Waals surface area contributed by atoms with Crippen molar-refractivity contribution in [2.45, 2.75) is 44.2 Å². The van der Waals surface area contributed by atoms with Crippen LogP contribution in [0.5, 0.6) is 0 Å². The second-order valence-corrected chi connectivity index (χ2v) is 5.41. The summed E-state index contributed by atoms with van der Waals surface area (Å²) in [5.41, 5.74) is 0.127. The predicted molar refractivity (Wildman–Crippen MR) is 65.0 cm³/mol. The van der Waals surface area contributed by atoms with Gasteiger partial charge in [0.05, 0.1) is 13.2 Å². The summed E-state index contributed by atoms with van der Waals surface area (Å²) in [5, 5.41) is 10.1. The van der Waals surface area contributed by atoms with E-state index in [4.69, 9.17) is 4.74 Å². The number of methoxy groups -OCH3 is 1. The summed E-state index contributed by atoms with van der Waals surface area (Å²) in [6, 6.07) is -0.397. The molecule has 0 aromatic carbocycles. The van der Waals surface area contributed by atoms with E-state index < -0.39 is 6.04 Å². The minimum Gasteiger partial charge on any atom is -0.468 e. The van der Waals surface area contributed by atoms with Crippen molar-refractivity contribution in [2.75, 3.05) is 20.2 Å². The zero-order valence-corrected chi connectivity index (χ0v) is 10.8. The number of rotatable bonds is 5. The number of esters is 1. The average Bonchev–Trinajstić information content (AvgIpc) is 3.15. The van der Waals surface area contributed by atoms with Crippen LogP contribution in [0.4, 0.5) is 0 Å². The molecule has 0 aromatic rings. The third-order valence-electron chi connectivity index (χ3n) is 4.38. The standard InChI is InChI=1S/C13H21NO4/c1-18-12(17)10(3-2-8-15)14-7-6-13(4-5-13)11(16)9-14/h8,10-11,16H,2-7,9H2,1H3/t10-,11?/m0/s1. The van der Waals surface area contributed by atoms with Crippen molar-refractivity contribution in [3.8, 4) is 0 Å². The Bertz CT molecular complexity index is 327. The van der Waals surface area contributed by atoms with Gasteiger partial charge in [0.25, 0.3) is 0 Å². The molecular formula is C13H21NO4. The van der Waals surface area contributed by atoms with Gasteiger partial charge < -0.3 is 14.6 Å². The molecule has 1 spiro atoms. The van der Waals surface area contributed by atoms with Gasteiger partial charge in [0, 0.05) is 13.0 Å². The first kappa shape index (κ1) is 13.5. The molecule has 2 aliphatic rings. The minimum atomic E-state index is -0.397. The lowest BCUT2D eigenvalue weighted by atomic mass is 9.89. The average molecular weight is 255 g/mol. The molecule has 2 atom stereocenters. The van der Waals surface area contributed by atoms with E-state index in [9.17, 15) is 14.7 Å². The molecule has 1 N–H and O–H groups in total. The van der Waals surface area contributed by atoms with Crippen molar-refractivity contribution >= 4 is 12.3 Å². The van der Waals surface area contributed by atoms with Crippen molar-refractivity contribution < 1.29 is 19.4 Å². The van der Waals surface area contributed by atoms with E-state index in [0.717, 1.165) is 32.1 Å². The number of hydrogen-bond donors (Lipinski definition) is 1. The highest BCUT2D eigenvalue weighted by molar-refractivity contribution is 5.76. The molecule has 1 saturated heterocycles. The summed E-state index contributed by atoms with van der Waals surface area (Å²) in [6.07, 6.45) is 4.41. The number of likely N-dealkylation sites (tertiary alicyclic amines) is 1. The minimum absolute atomic E-state index is 0.127. The molecule has 1 unspecified atom stereocenters. The van der Waals surface area contributed by atoms with Crippen molar-refractivity contribution in [2.24, 2.45) is 5.41 Å². The number of aldehydes is 1. The third kappa shape index (κ3) is 2.57. The molecule has 1 aliphatic carbocycles. The maximum absolute atomic E-state index is 11.7. The predicted octanol–water partition coefficient (Wildman–Crippen LogP) is 0.354. The van der Waals surface area contributed by atoms with E-state index >= 15 is 0 Å². The largest absolute Gasteiger partial charge is 0.468 e. The first-order chi connectivity index (χ1) is 8.63. The SMILES string of the molecule is COC(=O)[C@H](CCC=O)N1CCC2(CC2)C(O)C1. The molecule has 18 heavy (non-hydrogen) atoms. The van der Waals surface area contributed by atoms with E-state index in [1.54, 1.807) is 0 Å². The number of carbonyl (C=O) groups is 2. The highest BCUT2D eigenvalue weighted by Gasteiger charge is 2.52.